The molecule has 0 bridgehead atoms. The highest BCUT2D eigenvalue weighted by molar-refractivity contribution is 8.00. The van der Waals surface area contributed by atoms with Crippen LogP contribution in [0.5, 0.6) is 0 Å². The molecular weight excluding hydrogens is 637 g/mol. The average molecular weight is 671 g/mol. The Labute approximate surface area is 267 Å². The first kappa shape index (κ1) is 34.4. The number of carbonyl (C=O) groups is 4. The lowest BCUT2D eigenvalue weighted by atomic mass is 9.97. The number of aromatic nitrogens is 1. The third-order valence-corrected chi connectivity index (χ3v) is 9.52. The van der Waals surface area contributed by atoms with Crippen molar-refractivity contribution < 1.29 is 29.0 Å². The minimum absolute atomic E-state index is 0.0410. The SMILES string of the molecule is CCN(CC)CC.NC(=O)/C(=C\c1c(Cl)ccc(CC(=O)OCC2C(=O)N3C(C(=O)O)=CCS[C@@H]23)c1Cl)c1csc(N)n1. The van der Waals surface area contributed by atoms with Crippen LogP contribution in [0.1, 0.15) is 37.6 Å². The normalized spacial score (nSPS) is 17.8. The number of carboxylic acid groups (broad SMARTS) is 1. The van der Waals surface area contributed by atoms with Crippen LogP contribution in [-0.4, -0.2) is 81.0 Å². The van der Waals surface area contributed by atoms with Gasteiger partial charge in [0.25, 0.3) is 5.91 Å². The number of hydrogen-bond acceptors (Lipinski definition) is 10. The lowest BCUT2D eigenvalue weighted by Gasteiger charge is -2.47. The fraction of sp³-hybridized carbons (Fsp3) is 0.393. The van der Waals surface area contributed by atoms with Crippen molar-refractivity contribution in [3.63, 3.8) is 0 Å². The molecule has 3 heterocycles. The zero-order chi connectivity index (χ0) is 31.8. The van der Waals surface area contributed by atoms with E-state index in [1.807, 2.05) is 0 Å². The number of aliphatic carboxylic acids is 1. The van der Waals surface area contributed by atoms with E-state index < -0.39 is 35.0 Å². The Kier molecular flexibility index (Phi) is 12.5. The van der Waals surface area contributed by atoms with Gasteiger partial charge in [-0.1, -0.05) is 50.0 Å². The molecule has 1 saturated heterocycles. The number of carboxylic acids is 1. The number of thioether (sulfide) groups is 1. The number of amides is 2. The van der Waals surface area contributed by atoms with Gasteiger partial charge < -0.3 is 26.2 Å². The summed E-state index contributed by atoms with van der Waals surface area (Å²) >= 11 is 15.3. The summed E-state index contributed by atoms with van der Waals surface area (Å²) < 4.78 is 5.31. The molecule has 15 heteroatoms. The fourth-order valence-corrected chi connectivity index (χ4v) is 6.76. The van der Waals surface area contributed by atoms with Gasteiger partial charge in [-0.25, -0.2) is 9.78 Å². The van der Waals surface area contributed by atoms with Crippen molar-refractivity contribution in [2.24, 2.45) is 11.7 Å². The number of nitrogen functional groups attached to an aromatic ring is 1. The topological polar surface area (TPSA) is 169 Å². The number of primary amides is 1. The number of thiazole rings is 1. The van der Waals surface area contributed by atoms with Crippen molar-refractivity contribution in [1.29, 1.82) is 0 Å². The number of anilines is 1. The molecule has 2 aliphatic heterocycles. The van der Waals surface area contributed by atoms with Crippen LogP contribution in [0, 0.1) is 5.92 Å². The first-order chi connectivity index (χ1) is 20.4. The van der Waals surface area contributed by atoms with E-state index in [1.54, 1.807) is 11.4 Å². The Bertz CT molecular complexity index is 1440. The standard InChI is InChI=1S/C22H18Cl2N4O6S2.C6H15N/c23-13-2-1-9(17(24)10(13)6-11(18(25)30)14-8-36-22(26)27-14)5-16(29)34-7-12-19(31)28-15(21(32)33)3-4-35-20(12)28;1-4-7(5-2)6-3/h1-3,6,8,12,20H,4-5,7H2,(H2,25,30)(H2,26,27)(H,32,33);4-6H2,1-3H3/b11-6-;/t12?,20-;/m0./s1. The van der Waals surface area contributed by atoms with Crippen molar-refractivity contribution in [1.82, 2.24) is 14.8 Å². The minimum atomic E-state index is -1.18. The zero-order valence-electron chi connectivity index (χ0n) is 23.8. The molecule has 2 atom stereocenters. The van der Waals surface area contributed by atoms with E-state index >= 15 is 0 Å². The molecule has 11 nitrogen and oxygen atoms in total. The smallest absolute Gasteiger partial charge is 0.352 e. The van der Waals surface area contributed by atoms with Crippen LogP contribution in [0.4, 0.5) is 5.13 Å². The van der Waals surface area contributed by atoms with Gasteiger partial charge in [0.15, 0.2) is 5.13 Å². The van der Waals surface area contributed by atoms with Crippen LogP contribution in [0.15, 0.2) is 29.3 Å². The van der Waals surface area contributed by atoms with Gasteiger partial charge in [-0.2, -0.15) is 0 Å². The summed E-state index contributed by atoms with van der Waals surface area (Å²) in [5, 5.41) is 11.0. The fourth-order valence-electron chi connectivity index (χ4n) is 4.41. The minimum Gasteiger partial charge on any atom is -0.477 e. The van der Waals surface area contributed by atoms with E-state index in [2.05, 4.69) is 30.7 Å². The molecule has 232 valence electrons. The number of carbonyl (C=O) groups excluding carboxylic acids is 3. The lowest BCUT2D eigenvalue weighted by molar-refractivity contribution is -0.159. The maximum Gasteiger partial charge on any atom is 0.352 e. The summed E-state index contributed by atoms with van der Waals surface area (Å²) in [6.07, 6.45) is 2.63. The number of benzene rings is 1. The number of halogens is 2. The number of β-lactam (4-membered cyclic amide) rings is 1. The molecule has 1 unspecified atom stereocenters. The van der Waals surface area contributed by atoms with Crippen molar-refractivity contribution >= 4 is 86.8 Å². The van der Waals surface area contributed by atoms with Gasteiger partial charge in [-0.05, 0) is 43.4 Å². The molecule has 1 aromatic carbocycles. The predicted octanol–water partition coefficient (Wildman–Crippen LogP) is 3.99. The summed E-state index contributed by atoms with van der Waals surface area (Å²) in [4.78, 5) is 55.9. The highest BCUT2D eigenvalue weighted by atomic mass is 35.5. The van der Waals surface area contributed by atoms with E-state index in [-0.39, 0.29) is 50.7 Å². The molecule has 0 saturated carbocycles. The van der Waals surface area contributed by atoms with Gasteiger partial charge in [0.1, 0.15) is 18.2 Å². The maximum absolute atomic E-state index is 12.5. The Balaban J connectivity index is 0.000000646. The molecule has 1 aromatic heterocycles. The first-order valence-electron chi connectivity index (χ1n) is 13.4. The second-order valence-corrected chi connectivity index (χ2v) is 12.2. The Morgan fingerprint density at radius 1 is 1.21 bits per heavy atom. The molecule has 43 heavy (non-hydrogen) atoms. The monoisotopic (exact) mass is 669 g/mol. The van der Waals surface area contributed by atoms with Crippen molar-refractivity contribution in [3.05, 3.63) is 56.2 Å². The number of hydrogen-bond donors (Lipinski definition) is 3. The first-order valence-corrected chi connectivity index (χ1v) is 16.1. The Morgan fingerprint density at radius 2 is 1.88 bits per heavy atom. The molecular formula is C28H33Cl2N5O6S2. The van der Waals surface area contributed by atoms with Gasteiger partial charge in [-0.15, -0.1) is 23.1 Å². The number of rotatable bonds is 11. The van der Waals surface area contributed by atoms with Crippen molar-refractivity contribution in [2.45, 2.75) is 32.6 Å². The molecule has 1 fully saturated rings. The van der Waals surface area contributed by atoms with Crippen LogP contribution in [0.3, 0.4) is 0 Å². The summed E-state index contributed by atoms with van der Waals surface area (Å²) in [6.45, 7) is 9.94. The molecule has 5 N–H and O–H groups in total. The second-order valence-electron chi connectivity index (χ2n) is 9.34. The van der Waals surface area contributed by atoms with Gasteiger partial charge in [0, 0.05) is 21.7 Å². The number of esters is 1. The quantitative estimate of drug-likeness (QED) is 0.181. The molecule has 2 aliphatic rings. The Hall–Kier alpha value is -3.10. The Morgan fingerprint density at radius 3 is 2.42 bits per heavy atom. The average Bonchev–Trinajstić information content (AvgIpc) is 3.40. The predicted molar refractivity (Wildman–Crippen MR) is 170 cm³/mol. The number of nitrogens with zero attached hydrogens (tertiary/aromatic N) is 3. The third kappa shape index (κ3) is 8.30. The van der Waals surface area contributed by atoms with E-state index in [0.717, 1.165) is 11.3 Å². The molecule has 0 spiro atoms. The molecule has 0 aliphatic carbocycles. The van der Waals surface area contributed by atoms with E-state index in [0.29, 0.717) is 11.3 Å². The van der Waals surface area contributed by atoms with E-state index in [9.17, 15) is 24.3 Å². The molecule has 4 rings (SSSR count). The number of ether oxygens (including phenoxy) is 1. The zero-order valence-corrected chi connectivity index (χ0v) is 27.0. The van der Waals surface area contributed by atoms with Crippen LogP contribution < -0.4 is 11.5 Å². The van der Waals surface area contributed by atoms with Crippen LogP contribution in [0.25, 0.3) is 11.6 Å². The molecule has 2 amide bonds. The second kappa shape index (κ2) is 15.6. The summed E-state index contributed by atoms with van der Waals surface area (Å²) in [5.74, 6) is -3.19. The maximum atomic E-state index is 12.5. The summed E-state index contributed by atoms with van der Waals surface area (Å²) in [6, 6.07) is 3.06. The summed E-state index contributed by atoms with van der Waals surface area (Å²) in [7, 11) is 0. The largest absolute Gasteiger partial charge is 0.477 e. The van der Waals surface area contributed by atoms with Crippen LogP contribution >= 0.6 is 46.3 Å². The van der Waals surface area contributed by atoms with Crippen molar-refractivity contribution in [3.8, 4) is 0 Å². The summed E-state index contributed by atoms with van der Waals surface area (Å²) in [5.41, 5.74) is 12.0. The van der Waals surface area contributed by atoms with Gasteiger partial charge >= 0.3 is 11.9 Å². The third-order valence-electron chi connectivity index (χ3n) is 6.83. The highest BCUT2D eigenvalue weighted by Gasteiger charge is 2.52. The van der Waals surface area contributed by atoms with Gasteiger partial charge in [0.2, 0.25) is 5.91 Å². The van der Waals surface area contributed by atoms with Crippen LogP contribution in [0.2, 0.25) is 10.0 Å². The van der Waals surface area contributed by atoms with Gasteiger partial charge in [0.05, 0.1) is 28.1 Å². The van der Waals surface area contributed by atoms with Crippen molar-refractivity contribution in [2.75, 3.05) is 37.7 Å². The van der Waals surface area contributed by atoms with Gasteiger partial charge in [-0.3, -0.25) is 19.3 Å². The lowest BCUT2D eigenvalue weighted by Crippen LogP contribution is -2.62. The molecule has 0 radical (unpaired) electrons. The van der Waals surface area contributed by atoms with Crippen LogP contribution in [-0.2, 0) is 30.3 Å². The highest BCUT2D eigenvalue weighted by Crippen LogP contribution is 2.41. The molecule has 2 aromatic rings. The number of fused-ring (bicyclic) bond motifs is 1. The number of nitrogens with two attached hydrogens (primary N) is 2. The van der Waals surface area contributed by atoms with E-state index in [1.165, 1.54) is 54.5 Å². The van der Waals surface area contributed by atoms with E-state index in [4.69, 9.17) is 39.4 Å².